The first-order valence-corrected chi connectivity index (χ1v) is 5.95. The Morgan fingerprint density at radius 2 is 1.83 bits per heavy atom. The lowest BCUT2D eigenvalue weighted by molar-refractivity contribution is 0.0745. The molecule has 1 aromatic heterocycles. The van der Waals surface area contributed by atoms with Gasteiger partial charge in [-0.2, -0.15) is 0 Å². The number of carbonyl (C=O) groups is 1. The number of halogens is 1. The van der Waals surface area contributed by atoms with Crippen molar-refractivity contribution in [3.05, 3.63) is 58.6 Å². The second kappa shape index (κ2) is 4.38. The van der Waals surface area contributed by atoms with Crippen molar-refractivity contribution >= 4 is 17.5 Å². The standard InChI is InChI=1S/C13H10ClN3O/c14-12-6-15-5-11(16-12)13(18)17-7-9-3-1-2-4-10(9)8-17/h1-6H,7-8H2. The Kier molecular flexibility index (Phi) is 2.72. The van der Waals surface area contributed by atoms with E-state index in [1.165, 1.54) is 23.5 Å². The minimum Gasteiger partial charge on any atom is -0.329 e. The Labute approximate surface area is 109 Å². The topological polar surface area (TPSA) is 46.1 Å². The summed E-state index contributed by atoms with van der Waals surface area (Å²) < 4.78 is 0. The highest BCUT2D eigenvalue weighted by molar-refractivity contribution is 6.29. The van der Waals surface area contributed by atoms with Crippen LogP contribution in [0, 0.1) is 0 Å². The third-order valence-corrected chi connectivity index (χ3v) is 3.13. The van der Waals surface area contributed by atoms with Gasteiger partial charge in [0.05, 0.1) is 12.4 Å². The number of carbonyl (C=O) groups excluding carboxylic acids is 1. The van der Waals surface area contributed by atoms with Crippen LogP contribution in [0.4, 0.5) is 0 Å². The number of benzene rings is 1. The number of aromatic nitrogens is 2. The minimum absolute atomic E-state index is 0.138. The van der Waals surface area contributed by atoms with Crippen LogP contribution in [-0.2, 0) is 13.1 Å². The van der Waals surface area contributed by atoms with Gasteiger partial charge in [-0.25, -0.2) is 4.98 Å². The predicted octanol–water partition coefficient (Wildman–Crippen LogP) is 2.29. The maximum Gasteiger partial charge on any atom is 0.274 e. The van der Waals surface area contributed by atoms with E-state index in [0.717, 1.165) is 0 Å². The summed E-state index contributed by atoms with van der Waals surface area (Å²) in [6, 6.07) is 8.02. The van der Waals surface area contributed by atoms with Crippen molar-refractivity contribution in [2.24, 2.45) is 0 Å². The zero-order chi connectivity index (χ0) is 12.5. The van der Waals surface area contributed by atoms with E-state index in [0.29, 0.717) is 13.1 Å². The van der Waals surface area contributed by atoms with Gasteiger partial charge in [-0.1, -0.05) is 35.9 Å². The molecule has 18 heavy (non-hydrogen) atoms. The molecule has 2 heterocycles. The molecule has 1 aromatic carbocycles. The monoisotopic (exact) mass is 259 g/mol. The number of rotatable bonds is 1. The molecule has 3 rings (SSSR count). The average Bonchev–Trinajstić information content (AvgIpc) is 2.81. The van der Waals surface area contributed by atoms with Crippen LogP contribution in [0.25, 0.3) is 0 Å². The Morgan fingerprint density at radius 1 is 1.17 bits per heavy atom. The lowest BCUT2D eigenvalue weighted by Crippen LogP contribution is -2.26. The first kappa shape index (κ1) is 11.2. The molecule has 0 atom stereocenters. The van der Waals surface area contributed by atoms with Crippen LogP contribution in [0.15, 0.2) is 36.7 Å². The van der Waals surface area contributed by atoms with Gasteiger partial charge in [-0.15, -0.1) is 0 Å². The fourth-order valence-electron chi connectivity index (χ4n) is 2.08. The van der Waals surface area contributed by atoms with Gasteiger partial charge < -0.3 is 4.90 Å². The van der Waals surface area contributed by atoms with Gasteiger partial charge in [0, 0.05) is 13.1 Å². The zero-order valence-corrected chi connectivity index (χ0v) is 10.3. The molecule has 0 unspecified atom stereocenters. The average molecular weight is 260 g/mol. The molecular formula is C13H10ClN3O. The Morgan fingerprint density at radius 3 is 2.44 bits per heavy atom. The molecule has 0 radical (unpaired) electrons. The van der Waals surface area contributed by atoms with E-state index >= 15 is 0 Å². The summed E-state index contributed by atoms with van der Waals surface area (Å²) in [7, 11) is 0. The summed E-state index contributed by atoms with van der Waals surface area (Å²) in [6.45, 7) is 1.23. The highest BCUT2D eigenvalue weighted by atomic mass is 35.5. The van der Waals surface area contributed by atoms with Gasteiger partial charge in [-0.05, 0) is 11.1 Å². The molecule has 2 aromatic rings. The number of amides is 1. The van der Waals surface area contributed by atoms with Crippen molar-refractivity contribution < 1.29 is 4.79 Å². The SMILES string of the molecule is O=C(c1cncc(Cl)n1)N1Cc2ccccc2C1. The molecule has 0 saturated carbocycles. The quantitative estimate of drug-likeness (QED) is 0.789. The van der Waals surface area contributed by atoms with Gasteiger partial charge in [0.2, 0.25) is 0 Å². The van der Waals surface area contributed by atoms with E-state index < -0.39 is 0 Å². The van der Waals surface area contributed by atoms with E-state index in [4.69, 9.17) is 11.6 Å². The summed E-state index contributed by atoms with van der Waals surface area (Å²) in [5, 5.41) is 0.234. The van der Waals surface area contributed by atoms with E-state index in [1.54, 1.807) is 4.90 Å². The van der Waals surface area contributed by atoms with Crippen molar-refractivity contribution in [3.63, 3.8) is 0 Å². The zero-order valence-electron chi connectivity index (χ0n) is 9.51. The lowest BCUT2D eigenvalue weighted by Gasteiger charge is -2.14. The molecule has 5 heteroatoms. The van der Waals surface area contributed by atoms with Gasteiger partial charge >= 0.3 is 0 Å². The predicted molar refractivity (Wildman–Crippen MR) is 67.1 cm³/mol. The molecule has 0 aliphatic carbocycles. The van der Waals surface area contributed by atoms with Crippen molar-refractivity contribution in [2.45, 2.75) is 13.1 Å². The molecule has 0 bridgehead atoms. The Hall–Kier alpha value is -1.94. The van der Waals surface area contributed by atoms with Crippen LogP contribution in [0.2, 0.25) is 5.15 Å². The molecule has 1 aliphatic rings. The van der Waals surface area contributed by atoms with Crippen LogP contribution >= 0.6 is 11.6 Å². The van der Waals surface area contributed by atoms with Crippen LogP contribution in [0.3, 0.4) is 0 Å². The normalized spacial score (nSPS) is 13.5. The van der Waals surface area contributed by atoms with Gasteiger partial charge in [-0.3, -0.25) is 9.78 Å². The molecule has 0 N–H and O–H groups in total. The minimum atomic E-state index is -0.138. The molecule has 90 valence electrons. The van der Waals surface area contributed by atoms with Gasteiger partial charge in [0.1, 0.15) is 10.8 Å². The maximum atomic E-state index is 12.2. The second-order valence-electron chi connectivity index (χ2n) is 4.16. The molecule has 0 spiro atoms. The van der Waals surface area contributed by atoms with Crippen molar-refractivity contribution in [1.29, 1.82) is 0 Å². The summed E-state index contributed by atoms with van der Waals surface area (Å²) in [6.07, 6.45) is 2.86. The fraction of sp³-hybridized carbons (Fsp3) is 0.154. The molecular weight excluding hydrogens is 250 g/mol. The third-order valence-electron chi connectivity index (χ3n) is 2.95. The van der Waals surface area contributed by atoms with Crippen molar-refractivity contribution in [1.82, 2.24) is 14.9 Å². The van der Waals surface area contributed by atoms with Crippen molar-refractivity contribution in [2.75, 3.05) is 0 Å². The van der Waals surface area contributed by atoms with E-state index in [9.17, 15) is 4.79 Å². The summed E-state index contributed by atoms with van der Waals surface area (Å²) in [5.41, 5.74) is 2.65. The maximum absolute atomic E-state index is 12.2. The van der Waals surface area contributed by atoms with E-state index in [2.05, 4.69) is 9.97 Å². The van der Waals surface area contributed by atoms with Gasteiger partial charge in [0.15, 0.2) is 0 Å². The largest absolute Gasteiger partial charge is 0.329 e. The van der Waals surface area contributed by atoms with Crippen LogP contribution in [0.5, 0.6) is 0 Å². The number of fused-ring (bicyclic) bond motifs is 1. The number of nitrogens with zero attached hydrogens (tertiary/aromatic N) is 3. The first-order valence-electron chi connectivity index (χ1n) is 5.57. The summed E-state index contributed by atoms with van der Waals surface area (Å²) in [5.74, 6) is -0.138. The number of hydrogen-bond acceptors (Lipinski definition) is 3. The Bertz CT molecular complexity index is 590. The van der Waals surface area contributed by atoms with E-state index in [1.807, 2.05) is 24.3 Å². The highest BCUT2D eigenvalue weighted by Gasteiger charge is 2.24. The second-order valence-corrected chi connectivity index (χ2v) is 4.54. The van der Waals surface area contributed by atoms with Gasteiger partial charge in [0.25, 0.3) is 5.91 Å². The summed E-state index contributed by atoms with van der Waals surface area (Å²) >= 11 is 5.74. The fourth-order valence-corrected chi connectivity index (χ4v) is 2.23. The molecule has 4 nitrogen and oxygen atoms in total. The molecule has 0 saturated heterocycles. The van der Waals surface area contributed by atoms with E-state index in [-0.39, 0.29) is 16.8 Å². The smallest absolute Gasteiger partial charge is 0.274 e. The van der Waals surface area contributed by atoms with Crippen LogP contribution in [-0.4, -0.2) is 20.8 Å². The third kappa shape index (κ3) is 1.95. The highest BCUT2D eigenvalue weighted by Crippen LogP contribution is 2.23. The van der Waals surface area contributed by atoms with Crippen LogP contribution < -0.4 is 0 Å². The first-order chi connectivity index (χ1) is 8.74. The molecule has 1 amide bonds. The Balaban J connectivity index is 1.84. The van der Waals surface area contributed by atoms with Crippen molar-refractivity contribution in [3.8, 4) is 0 Å². The lowest BCUT2D eigenvalue weighted by atomic mass is 10.1. The number of hydrogen-bond donors (Lipinski definition) is 0. The molecule has 0 fully saturated rings. The van der Waals surface area contributed by atoms with Crippen LogP contribution in [0.1, 0.15) is 21.6 Å². The summed E-state index contributed by atoms with van der Waals surface area (Å²) in [4.78, 5) is 21.8. The molecule has 1 aliphatic heterocycles.